The Hall–Kier alpha value is -4.98. The van der Waals surface area contributed by atoms with Gasteiger partial charge >= 0.3 is 12.1 Å². The number of nitrogens with zero attached hydrogens (tertiary/aromatic N) is 4. The summed E-state index contributed by atoms with van der Waals surface area (Å²) in [7, 11) is 1.98. The number of likely N-dealkylation sites (N-methyl/N-ethyl adjacent to an activating group) is 1. The molecule has 0 radical (unpaired) electrons. The lowest BCUT2D eigenvalue weighted by atomic mass is 10.1. The van der Waals surface area contributed by atoms with E-state index in [-0.39, 0.29) is 39.1 Å². The van der Waals surface area contributed by atoms with Gasteiger partial charge in [-0.05, 0) is 55.1 Å². The van der Waals surface area contributed by atoms with Gasteiger partial charge in [-0.2, -0.15) is 18.3 Å². The van der Waals surface area contributed by atoms with E-state index in [1.807, 2.05) is 11.9 Å². The average molecular weight is 613 g/mol. The molecule has 3 aromatic carbocycles. The molecule has 3 N–H and O–H groups in total. The lowest BCUT2D eigenvalue weighted by Crippen LogP contribution is -2.44. The van der Waals surface area contributed by atoms with Crippen LogP contribution in [0, 0.1) is 5.82 Å². The Morgan fingerprint density at radius 1 is 0.909 bits per heavy atom. The van der Waals surface area contributed by atoms with Gasteiger partial charge in [-0.15, -0.1) is 0 Å². The van der Waals surface area contributed by atoms with Crippen LogP contribution < -0.4 is 15.5 Å². The summed E-state index contributed by atoms with van der Waals surface area (Å²) in [6.45, 7) is 1.32. The van der Waals surface area contributed by atoms with Crippen LogP contribution in [-0.4, -0.2) is 77.0 Å². The van der Waals surface area contributed by atoms with Crippen molar-refractivity contribution in [2.75, 3.05) is 48.8 Å². The monoisotopic (exact) mass is 612 g/mol. The molecule has 5 rings (SSSR count). The van der Waals surface area contributed by atoms with Crippen LogP contribution in [-0.2, 0) is 17.8 Å². The number of alkyl halides is 3. The molecule has 1 aliphatic heterocycles. The Balaban J connectivity index is 1.49. The van der Waals surface area contributed by atoms with Gasteiger partial charge in [-0.1, -0.05) is 18.2 Å². The Morgan fingerprint density at radius 3 is 2.32 bits per heavy atom. The number of rotatable bonds is 8. The predicted octanol–water partition coefficient (Wildman–Crippen LogP) is 4.62. The summed E-state index contributed by atoms with van der Waals surface area (Å²) in [4.78, 5) is 42.3. The van der Waals surface area contributed by atoms with Gasteiger partial charge in [-0.3, -0.25) is 19.1 Å². The summed E-state index contributed by atoms with van der Waals surface area (Å²) >= 11 is 0. The quantitative estimate of drug-likeness (QED) is 0.249. The van der Waals surface area contributed by atoms with Crippen molar-refractivity contribution in [2.45, 2.75) is 19.1 Å². The highest BCUT2D eigenvalue weighted by atomic mass is 19.4. The summed E-state index contributed by atoms with van der Waals surface area (Å²) in [5.41, 5.74) is 1.01. The highest BCUT2D eigenvalue weighted by Crippen LogP contribution is 2.31. The van der Waals surface area contributed by atoms with Crippen LogP contribution in [0.3, 0.4) is 0 Å². The van der Waals surface area contributed by atoms with Crippen LogP contribution in [0.15, 0.2) is 60.7 Å². The SMILES string of the molecule is CN1CCN(c2ccc(C(=O)Nc3ccc(F)cc3CC(=O)O)cc2NC(=O)c2nn(CC(F)(F)F)c3ccccc23)CC1. The molecule has 2 heterocycles. The number of benzene rings is 3. The van der Waals surface area contributed by atoms with E-state index in [4.69, 9.17) is 0 Å². The summed E-state index contributed by atoms with van der Waals surface area (Å²) in [5, 5.41) is 18.8. The number of aliphatic carboxylic acids is 1. The number of anilines is 3. The number of nitrogens with one attached hydrogen (secondary N) is 2. The Labute approximate surface area is 248 Å². The van der Waals surface area contributed by atoms with Crippen LogP contribution in [0.2, 0.25) is 0 Å². The van der Waals surface area contributed by atoms with E-state index in [1.165, 1.54) is 30.3 Å². The highest BCUT2D eigenvalue weighted by molar-refractivity contribution is 6.13. The number of fused-ring (bicyclic) bond motifs is 1. The van der Waals surface area contributed by atoms with Gasteiger partial charge in [0.2, 0.25) is 0 Å². The van der Waals surface area contributed by atoms with Crippen molar-refractivity contribution in [2.24, 2.45) is 0 Å². The number of carboxylic acids is 1. The second-order valence-electron chi connectivity index (χ2n) is 10.4. The average Bonchev–Trinajstić information content (AvgIpc) is 3.32. The summed E-state index contributed by atoms with van der Waals surface area (Å²) < 4.78 is 54.2. The van der Waals surface area contributed by atoms with Crippen LogP contribution in [0.5, 0.6) is 0 Å². The van der Waals surface area contributed by atoms with Crippen molar-refractivity contribution in [1.82, 2.24) is 14.7 Å². The lowest BCUT2D eigenvalue weighted by molar-refractivity contribution is -0.142. The molecule has 0 spiro atoms. The van der Waals surface area contributed by atoms with Gasteiger partial charge in [-0.25, -0.2) is 4.39 Å². The lowest BCUT2D eigenvalue weighted by Gasteiger charge is -2.35. The molecule has 44 heavy (non-hydrogen) atoms. The molecular formula is C30H28F4N6O4. The van der Waals surface area contributed by atoms with Gasteiger partial charge < -0.3 is 25.5 Å². The maximum Gasteiger partial charge on any atom is 0.408 e. The van der Waals surface area contributed by atoms with Crippen molar-refractivity contribution >= 4 is 45.7 Å². The summed E-state index contributed by atoms with van der Waals surface area (Å²) in [6.07, 6.45) is -5.08. The molecule has 0 aliphatic carbocycles. The second-order valence-corrected chi connectivity index (χ2v) is 10.4. The minimum atomic E-state index is -4.56. The maximum atomic E-state index is 13.8. The van der Waals surface area contributed by atoms with E-state index >= 15 is 0 Å². The van der Waals surface area contributed by atoms with E-state index in [0.29, 0.717) is 18.8 Å². The van der Waals surface area contributed by atoms with E-state index < -0.39 is 42.7 Å². The Morgan fingerprint density at radius 2 is 1.61 bits per heavy atom. The number of hydrogen-bond acceptors (Lipinski definition) is 6. The molecule has 0 saturated carbocycles. The summed E-state index contributed by atoms with van der Waals surface area (Å²) in [6, 6.07) is 14.1. The fourth-order valence-electron chi connectivity index (χ4n) is 5.06. The van der Waals surface area contributed by atoms with Crippen LogP contribution in [0.4, 0.5) is 34.6 Å². The molecule has 4 aromatic rings. The third-order valence-electron chi connectivity index (χ3n) is 7.21. The number of carboxylic acid groups (broad SMARTS) is 1. The predicted molar refractivity (Wildman–Crippen MR) is 156 cm³/mol. The van der Waals surface area contributed by atoms with Crippen LogP contribution in [0.1, 0.15) is 26.4 Å². The number of halogens is 4. The summed E-state index contributed by atoms with van der Waals surface area (Å²) in [5.74, 6) is -3.29. The number of para-hydroxylation sites is 1. The minimum Gasteiger partial charge on any atom is -0.481 e. The third kappa shape index (κ3) is 6.97. The van der Waals surface area contributed by atoms with Gasteiger partial charge in [0.1, 0.15) is 12.4 Å². The Kier molecular flexibility index (Phi) is 8.54. The molecule has 14 heteroatoms. The number of carbonyl (C=O) groups excluding carboxylic acids is 2. The molecular weight excluding hydrogens is 584 g/mol. The first kappa shape index (κ1) is 30.5. The highest BCUT2D eigenvalue weighted by Gasteiger charge is 2.31. The van der Waals surface area contributed by atoms with Gasteiger partial charge in [0, 0.05) is 42.8 Å². The van der Waals surface area contributed by atoms with E-state index in [0.717, 1.165) is 29.9 Å². The first-order valence-electron chi connectivity index (χ1n) is 13.6. The largest absolute Gasteiger partial charge is 0.481 e. The van der Waals surface area contributed by atoms with E-state index in [9.17, 15) is 37.1 Å². The normalized spacial score (nSPS) is 14.1. The minimum absolute atomic E-state index is 0.0646. The zero-order valence-corrected chi connectivity index (χ0v) is 23.5. The standard InChI is InChI=1S/C30H28F4N6O4/c1-38-10-12-39(13-11-38)25-9-6-18(28(43)35-22-8-7-20(31)14-19(22)16-26(41)42)15-23(25)36-29(44)27-21-4-2-3-5-24(21)40(37-27)17-30(32,33)34/h2-9,14-15H,10-13,16-17H2,1H3,(H,35,43)(H,36,44)(H,41,42). The first-order valence-corrected chi connectivity index (χ1v) is 13.6. The van der Waals surface area contributed by atoms with Crippen molar-refractivity contribution < 1.29 is 37.1 Å². The second kappa shape index (κ2) is 12.3. The number of amides is 2. The van der Waals surface area contributed by atoms with E-state index in [1.54, 1.807) is 18.2 Å². The maximum absolute atomic E-state index is 13.8. The fourth-order valence-corrected chi connectivity index (χ4v) is 5.06. The van der Waals surface area contributed by atoms with E-state index in [2.05, 4.69) is 20.6 Å². The van der Waals surface area contributed by atoms with Gasteiger partial charge in [0.15, 0.2) is 5.69 Å². The van der Waals surface area contributed by atoms with Crippen LogP contribution in [0.25, 0.3) is 10.9 Å². The molecule has 230 valence electrons. The van der Waals surface area contributed by atoms with Crippen LogP contribution >= 0.6 is 0 Å². The molecule has 0 bridgehead atoms. The zero-order chi connectivity index (χ0) is 31.6. The number of carbonyl (C=O) groups is 3. The molecule has 0 unspecified atom stereocenters. The third-order valence-corrected chi connectivity index (χ3v) is 7.21. The molecule has 1 saturated heterocycles. The zero-order valence-electron chi connectivity index (χ0n) is 23.5. The van der Waals surface area contributed by atoms with Crippen molar-refractivity contribution in [3.8, 4) is 0 Å². The Bertz CT molecular complexity index is 1730. The van der Waals surface area contributed by atoms with Crippen molar-refractivity contribution in [1.29, 1.82) is 0 Å². The molecule has 0 atom stereocenters. The first-order chi connectivity index (χ1) is 20.9. The number of piperazine rings is 1. The fraction of sp³-hybridized carbons (Fsp3) is 0.267. The smallest absolute Gasteiger partial charge is 0.408 e. The molecule has 1 aliphatic rings. The number of hydrogen-bond donors (Lipinski definition) is 3. The van der Waals surface area contributed by atoms with Gasteiger partial charge in [0.25, 0.3) is 11.8 Å². The van der Waals surface area contributed by atoms with Crippen molar-refractivity contribution in [3.63, 3.8) is 0 Å². The van der Waals surface area contributed by atoms with Gasteiger partial charge in [0.05, 0.1) is 23.3 Å². The number of aromatic nitrogens is 2. The molecule has 2 amide bonds. The molecule has 10 nitrogen and oxygen atoms in total. The molecule has 1 fully saturated rings. The van der Waals surface area contributed by atoms with Crippen molar-refractivity contribution in [3.05, 3.63) is 83.3 Å². The topological polar surface area (TPSA) is 120 Å². The molecule has 1 aromatic heterocycles.